The minimum Gasteiger partial charge on any atom is -0.486 e. The third kappa shape index (κ3) is 4.76. The second kappa shape index (κ2) is 9.68. The predicted octanol–water partition coefficient (Wildman–Crippen LogP) is 4.63. The van der Waals surface area contributed by atoms with Gasteiger partial charge < -0.3 is 9.47 Å². The SMILES string of the molecule is Cc1ccc(S(=O)(=O)N(c2ccccc2)C2CCN(Cc3ccc4c(c3)OCCO4)CC2)cc1. The van der Waals surface area contributed by atoms with Crippen molar-refractivity contribution < 1.29 is 17.9 Å². The monoisotopic (exact) mass is 478 g/mol. The molecule has 1 fully saturated rings. The molecule has 2 heterocycles. The van der Waals surface area contributed by atoms with Gasteiger partial charge in [0.2, 0.25) is 0 Å². The molecule has 2 aliphatic heterocycles. The van der Waals surface area contributed by atoms with Crippen LogP contribution in [0.2, 0.25) is 0 Å². The van der Waals surface area contributed by atoms with Crippen molar-refractivity contribution in [3.05, 3.63) is 83.9 Å². The van der Waals surface area contributed by atoms with Crippen LogP contribution in [0.1, 0.15) is 24.0 Å². The highest BCUT2D eigenvalue weighted by atomic mass is 32.2. The van der Waals surface area contributed by atoms with Crippen LogP contribution in [0.15, 0.2) is 77.7 Å². The maximum Gasteiger partial charge on any atom is 0.264 e. The molecule has 6 nitrogen and oxygen atoms in total. The van der Waals surface area contributed by atoms with Gasteiger partial charge in [-0.3, -0.25) is 9.21 Å². The van der Waals surface area contributed by atoms with Crippen LogP contribution in [0, 0.1) is 6.92 Å². The topological polar surface area (TPSA) is 59.1 Å². The normalized spacial score (nSPS) is 16.9. The maximum absolute atomic E-state index is 13.7. The molecule has 0 radical (unpaired) electrons. The molecule has 34 heavy (non-hydrogen) atoms. The van der Waals surface area contributed by atoms with E-state index < -0.39 is 10.0 Å². The Balaban J connectivity index is 1.33. The summed E-state index contributed by atoms with van der Waals surface area (Å²) in [6, 6.07) is 22.6. The van der Waals surface area contributed by atoms with Crippen molar-refractivity contribution in [2.24, 2.45) is 0 Å². The zero-order chi connectivity index (χ0) is 23.5. The van der Waals surface area contributed by atoms with E-state index in [1.54, 1.807) is 16.4 Å². The highest BCUT2D eigenvalue weighted by Crippen LogP contribution is 2.33. The van der Waals surface area contributed by atoms with Crippen LogP contribution in [-0.2, 0) is 16.6 Å². The number of nitrogens with zero attached hydrogens (tertiary/aromatic N) is 2. The molecule has 0 aromatic heterocycles. The van der Waals surface area contributed by atoms with Crippen LogP contribution in [0.4, 0.5) is 5.69 Å². The number of ether oxygens (including phenoxy) is 2. The van der Waals surface area contributed by atoms with Crippen molar-refractivity contribution in [2.45, 2.75) is 37.2 Å². The molecule has 2 aliphatic rings. The number of hydrogen-bond donors (Lipinski definition) is 0. The fraction of sp³-hybridized carbons (Fsp3) is 0.333. The zero-order valence-electron chi connectivity index (χ0n) is 19.4. The molecule has 0 atom stereocenters. The zero-order valence-corrected chi connectivity index (χ0v) is 20.2. The van der Waals surface area contributed by atoms with Crippen molar-refractivity contribution in [1.29, 1.82) is 0 Å². The summed E-state index contributed by atoms with van der Waals surface area (Å²) in [7, 11) is -3.67. The van der Waals surface area contributed by atoms with E-state index in [1.165, 1.54) is 5.56 Å². The first-order valence-electron chi connectivity index (χ1n) is 11.8. The summed E-state index contributed by atoms with van der Waals surface area (Å²) in [6.45, 7) is 5.58. The fourth-order valence-corrected chi connectivity index (χ4v) is 6.41. The number of benzene rings is 3. The Kier molecular flexibility index (Phi) is 6.48. The van der Waals surface area contributed by atoms with E-state index in [2.05, 4.69) is 17.0 Å². The first kappa shape index (κ1) is 22.7. The molecule has 0 bridgehead atoms. The molecule has 7 heteroatoms. The lowest BCUT2D eigenvalue weighted by Crippen LogP contribution is -2.47. The van der Waals surface area contributed by atoms with E-state index in [0.29, 0.717) is 23.8 Å². The number of anilines is 1. The van der Waals surface area contributed by atoms with Gasteiger partial charge in [0, 0.05) is 25.7 Å². The van der Waals surface area contributed by atoms with Gasteiger partial charge in [-0.15, -0.1) is 0 Å². The van der Waals surface area contributed by atoms with Crippen molar-refractivity contribution in [1.82, 2.24) is 4.90 Å². The first-order valence-corrected chi connectivity index (χ1v) is 13.2. The van der Waals surface area contributed by atoms with Crippen molar-refractivity contribution in [3.63, 3.8) is 0 Å². The molecule has 1 saturated heterocycles. The Morgan fingerprint density at radius 1 is 0.882 bits per heavy atom. The lowest BCUT2D eigenvalue weighted by Gasteiger charge is -2.39. The number of aryl methyl sites for hydroxylation is 1. The van der Waals surface area contributed by atoms with Gasteiger partial charge in [0.25, 0.3) is 10.0 Å². The minimum absolute atomic E-state index is 0.0924. The van der Waals surface area contributed by atoms with E-state index in [1.807, 2.05) is 55.5 Å². The highest BCUT2D eigenvalue weighted by Gasteiger charge is 2.34. The maximum atomic E-state index is 13.7. The molecule has 0 saturated carbocycles. The molecule has 178 valence electrons. The summed E-state index contributed by atoms with van der Waals surface area (Å²) in [4.78, 5) is 2.71. The lowest BCUT2D eigenvalue weighted by atomic mass is 10.0. The number of fused-ring (bicyclic) bond motifs is 1. The van der Waals surface area contributed by atoms with Gasteiger partial charge in [0.05, 0.1) is 10.6 Å². The summed E-state index contributed by atoms with van der Waals surface area (Å²) in [5.74, 6) is 1.60. The first-order chi connectivity index (χ1) is 16.5. The Hall–Kier alpha value is -3.03. The third-order valence-corrected chi connectivity index (χ3v) is 8.38. The summed E-state index contributed by atoms with van der Waals surface area (Å²) >= 11 is 0. The number of likely N-dealkylation sites (tertiary alicyclic amines) is 1. The predicted molar refractivity (Wildman–Crippen MR) is 133 cm³/mol. The van der Waals surface area contributed by atoms with E-state index >= 15 is 0 Å². The number of para-hydroxylation sites is 1. The van der Waals surface area contributed by atoms with Crippen molar-refractivity contribution in [2.75, 3.05) is 30.6 Å². The quantitative estimate of drug-likeness (QED) is 0.517. The van der Waals surface area contributed by atoms with Crippen LogP contribution < -0.4 is 13.8 Å². The summed E-state index contributed by atoms with van der Waals surface area (Å²) in [6.07, 6.45) is 1.54. The van der Waals surface area contributed by atoms with E-state index in [9.17, 15) is 8.42 Å². The van der Waals surface area contributed by atoms with E-state index in [-0.39, 0.29) is 6.04 Å². The number of rotatable bonds is 6. The Bertz CT molecular complexity index is 1220. The minimum atomic E-state index is -3.67. The molecule has 3 aromatic carbocycles. The Labute approximate surface area is 201 Å². The molecular formula is C27H30N2O4S. The Morgan fingerprint density at radius 3 is 2.26 bits per heavy atom. The van der Waals surface area contributed by atoms with Crippen LogP contribution >= 0.6 is 0 Å². The van der Waals surface area contributed by atoms with Gasteiger partial charge in [0.1, 0.15) is 13.2 Å². The molecule has 3 aromatic rings. The average Bonchev–Trinajstić information content (AvgIpc) is 2.86. The largest absolute Gasteiger partial charge is 0.486 e. The number of piperidine rings is 1. The van der Waals surface area contributed by atoms with Crippen LogP contribution in [0.5, 0.6) is 11.5 Å². The molecule has 5 rings (SSSR count). The lowest BCUT2D eigenvalue weighted by molar-refractivity contribution is 0.170. The molecular weight excluding hydrogens is 448 g/mol. The standard InChI is InChI=1S/C27H30N2O4S/c1-21-7-10-25(11-8-21)34(30,31)29(23-5-3-2-4-6-23)24-13-15-28(16-14-24)20-22-9-12-26-27(19-22)33-18-17-32-26/h2-12,19,24H,13-18,20H2,1H3. The molecule has 0 amide bonds. The van der Waals surface area contributed by atoms with E-state index in [4.69, 9.17) is 9.47 Å². The number of hydrogen-bond acceptors (Lipinski definition) is 5. The second-order valence-corrected chi connectivity index (χ2v) is 10.7. The van der Waals surface area contributed by atoms with Crippen molar-refractivity contribution >= 4 is 15.7 Å². The van der Waals surface area contributed by atoms with Crippen LogP contribution in [-0.4, -0.2) is 45.7 Å². The fourth-order valence-electron chi connectivity index (χ4n) is 4.70. The van der Waals surface area contributed by atoms with Gasteiger partial charge in [-0.05, 0) is 61.7 Å². The number of sulfonamides is 1. The van der Waals surface area contributed by atoms with Crippen molar-refractivity contribution in [3.8, 4) is 11.5 Å². The Morgan fingerprint density at radius 2 is 1.56 bits per heavy atom. The summed E-state index contributed by atoms with van der Waals surface area (Å²) < 4.78 is 40.5. The second-order valence-electron chi connectivity index (χ2n) is 8.93. The third-order valence-electron chi connectivity index (χ3n) is 6.49. The smallest absolute Gasteiger partial charge is 0.264 e. The average molecular weight is 479 g/mol. The molecule has 0 spiro atoms. The van der Waals surface area contributed by atoms with E-state index in [0.717, 1.165) is 49.5 Å². The van der Waals surface area contributed by atoms with Crippen LogP contribution in [0.25, 0.3) is 0 Å². The van der Waals surface area contributed by atoms with Crippen LogP contribution in [0.3, 0.4) is 0 Å². The molecule has 0 unspecified atom stereocenters. The molecule has 0 aliphatic carbocycles. The van der Waals surface area contributed by atoms with Gasteiger partial charge >= 0.3 is 0 Å². The van der Waals surface area contributed by atoms with Gasteiger partial charge in [-0.25, -0.2) is 8.42 Å². The van der Waals surface area contributed by atoms with Gasteiger partial charge in [-0.1, -0.05) is 42.0 Å². The molecule has 0 N–H and O–H groups in total. The highest BCUT2D eigenvalue weighted by molar-refractivity contribution is 7.92. The van der Waals surface area contributed by atoms with Gasteiger partial charge in [0.15, 0.2) is 11.5 Å². The summed E-state index contributed by atoms with van der Waals surface area (Å²) in [5.41, 5.74) is 2.93. The summed E-state index contributed by atoms with van der Waals surface area (Å²) in [5, 5.41) is 0. The van der Waals surface area contributed by atoms with Gasteiger partial charge in [-0.2, -0.15) is 0 Å².